The first-order valence-electron chi connectivity index (χ1n) is 6.83. The van der Waals surface area contributed by atoms with Crippen LogP contribution < -0.4 is 10.6 Å². The fraction of sp³-hybridized carbons (Fsp3) is 0.467. The summed E-state index contributed by atoms with van der Waals surface area (Å²) >= 11 is 0. The van der Waals surface area contributed by atoms with Crippen LogP contribution in [-0.2, 0) is 16.0 Å². The summed E-state index contributed by atoms with van der Waals surface area (Å²) in [7, 11) is 3.03. The SMILES string of the molecule is CN=C(NCCc1ccc(F)cc1)NCC(C)C(=O)OC. The fourth-order valence-corrected chi connectivity index (χ4v) is 1.73. The predicted molar refractivity (Wildman–Crippen MR) is 80.6 cm³/mol. The first-order chi connectivity index (χ1) is 10.1. The maximum atomic E-state index is 12.8. The number of methoxy groups -OCH3 is 1. The van der Waals surface area contributed by atoms with Crippen LogP contribution in [0, 0.1) is 11.7 Å². The number of guanidine groups is 1. The van der Waals surface area contributed by atoms with Gasteiger partial charge in [0.2, 0.25) is 0 Å². The Morgan fingerprint density at radius 1 is 1.33 bits per heavy atom. The summed E-state index contributed by atoms with van der Waals surface area (Å²) in [6.45, 7) is 2.89. The first kappa shape index (κ1) is 16.9. The monoisotopic (exact) mass is 295 g/mol. The van der Waals surface area contributed by atoms with Crippen LogP contribution in [0.5, 0.6) is 0 Å². The van der Waals surface area contributed by atoms with Gasteiger partial charge in [-0.3, -0.25) is 9.79 Å². The van der Waals surface area contributed by atoms with Crippen LogP contribution in [0.25, 0.3) is 0 Å². The standard InChI is InChI=1S/C15H22FN3O2/c1-11(14(20)21-3)10-19-15(17-2)18-9-8-12-4-6-13(16)7-5-12/h4-7,11H,8-10H2,1-3H3,(H2,17,18,19). The van der Waals surface area contributed by atoms with E-state index in [1.807, 2.05) is 0 Å². The Morgan fingerprint density at radius 3 is 2.57 bits per heavy atom. The van der Waals surface area contributed by atoms with E-state index in [9.17, 15) is 9.18 Å². The molecule has 0 aliphatic heterocycles. The van der Waals surface area contributed by atoms with Crippen LogP contribution >= 0.6 is 0 Å². The van der Waals surface area contributed by atoms with Gasteiger partial charge in [-0.05, 0) is 24.1 Å². The molecule has 1 aromatic rings. The Kier molecular flexibility index (Phi) is 7.21. The van der Waals surface area contributed by atoms with Gasteiger partial charge in [-0.1, -0.05) is 19.1 Å². The lowest BCUT2D eigenvalue weighted by Gasteiger charge is -2.14. The van der Waals surface area contributed by atoms with Crippen LogP contribution in [0.15, 0.2) is 29.3 Å². The first-order valence-corrected chi connectivity index (χ1v) is 6.83. The topological polar surface area (TPSA) is 62.7 Å². The number of aliphatic imine (C=N–C) groups is 1. The number of halogens is 1. The number of hydrogen-bond donors (Lipinski definition) is 2. The van der Waals surface area contributed by atoms with Crippen LogP contribution in [0.3, 0.4) is 0 Å². The number of rotatable bonds is 6. The van der Waals surface area contributed by atoms with E-state index in [2.05, 4.69) is 20.4 Å². The quantitative estimate of drug-likeness (QED) is 0.472. The molecule has 0 aliphatic rings. The second-order valence-corrected chi connectivity index (χ2v) is 4.68. The predicted octanol–water partition coefficient (Wildman–Crippen LogP) is 1.34. The third-order valence-electron chi connectivity index (χ3n) is 3.02. The molecule has 1 aromatic carbocycles. The minimum Gasteiger partial charge on any atom is -0.469 e. The molecule has 116 valence electrons. The molecule has 2 N–H and O–H groups in total. The molecule has 0 fully saturated rings. The lowest BCUT2D eigenvalue weighted by molar-refractivity contribution is -0.144. The summed E-state index contributed by atoms with van der Waals surface area (Å²) in [5, 5.41) is 6.20. The highest BCUT2D eigenvalue weighted by Crippen LogP contribution is 2.02. The number of hydrogen-bond acceptors (Lipinski definition) is 3. The van der Waals surface area contributed by atoms with Gasteiger partial charge in [0, 0.05) is 20.1 Å². The van der Waals surface area contributed by atoms with Crippen molar-refractivity contribution in [3.63, 3.8) is 0 Å². The zero-order valence-electron chi connectivity index (χ0n) is 12.6. The van der Waals surface area contributed by atoms with Crippen molar-refractivity contribution in [1.82, 2.24) is 10.6 Å². The Balaban J connectivity index is 2.31. The molecule has 0 saturated heterocycles. The molecule has 1 atom stereocenters. The maximum Gasteiger partial charge on any atom is 0.310 e. The zero-order chi connectivity index (χ0) is 15.7. The zero-order valence-corrected chi connectivity index (χ0v) is 12.6. The lowest BCUT2D eigenvalue weighted by Crippen LogP contribution is -2.41. The summed E-state index contributed by atoms with van der Waals surface area (Å²) < 4.78 is 17.4. The molecule has 0 heterocycles. The Labute approximate surface area is 124 Å². The molecule has 0 aromatic heterocycles. The van der Waals surface area contributed by atoms with Gasteiger partial charge in [0.25, 0.3) is 0 Å². The van der Waals surface area contributed by atoms with Gasteiger partial charge in [-0.2, -0.15) is 0 Å². The van der Waals surface area contributed by atoms with Gasteiger partial charge in [0.1, 0.15) is 5.82 Å². The van der Waals surface area contributed by atoms with Gasteiger partial charge in [0.05, 0.1) is 13.0 Å². The van der Waals surface area contributed by atoms with E-state index in [4.69, 9.17) is 0 Å². The van der Waals surface area contributed by atoms with Gasteiger partial charge < -0.3 is 15.4 Å². The summed E-state index contributed by atoms with van der Waals surface area (Å²) in [6, 6.07) is 6.40. The van der Waals surface area contributed by atoms with Crippen molar-refractivity contribution in [3.8, 4) is 0 Å². The van der Waals surface area contributed by atoms with Crippen LogP contribution in [0.1, 0.15) is 12.5 Å². The summed E-state index contributed by atoms with van der Waals surface area (Å²) in [6.07, 6.45) is 0.757. The third-order valence-corrected chi connectivity index (χ3v) is 3.02. The molecular formula is C15H22FN3O2. The molecule has 6 heteroatoms. The van der Waals surface area contributed by atoms with E-state index in [1.54, 1.807) is 26.1 Å². The van der Waals surface area contributed by atoms with E-state index < -0.39 is 0 Å². The van der Waals surface area contributed by atoms with Crippen LogP contribution in [0.2, 0.25) is 0 Å². The highest BCUT2D eigenvalue weighted by molar-refractivity contribution is 5.80. The maximum absolute atomic E-state index is 12.8. The minimum absolute atomic E-state index is 0.235. The molecule has 0 bridgehead atoms. The highest BCUT2D eigenvalue weighted by Gasteiger charge is 2.13. The Morgan fingerprint density at radius 2 is 2.00 bits per heavy atom. The van der Waals surface area contributed by atoms with Gasteiger partial charge in [0.15, 0.2) is 5.96 Å². The Hall–Kier alpha value is -2.11. The number of carbonyl (C=O) groups excluding carboxylic acids is 1. The summed E-state index contributed by atoms with van der Waals surface area (Å²) in [4.78, 5) is 15.4. The summed E-state index contributed by atoms with van der Waals surface area (Å²) in [5.41, 5.74) is 1.04. The minimum atomic E-state index is -0.260. The molecule has 0 spiro atoms. The number of benzene rings is 1. The van der Waals surface area contributed by atoms with Crippen molar-refractivity contribution >= 4 is 11.9 Å². The average molecular weight is 295 g/mol. The molecule has 1 rings (SSSR count). The Bertz CT molecular complexity index is 474. The second-order valence-electron chi connectivity index (χ2n) is 4.68. The molecule has 5 nitrogen and oxygen atoms in total. The largest absolute Gasteiger partial charge is 0.469 e. The van der Waals surface area contributed by atoms with Gasteiger partial charge in [-0.15, -0.1) is 0 Å². The molecule has 21 heavy (non-hydrogen) atoms. The van der Waals surface area contributed by atoms with E-state index >= 15 is 0 Å². The molecule has 1 unspecified atom stereocenters. The van der Waals surface area contributed by atoms with E-state index in [0.717, 1.165) is 12.0 Å². The number of carbonyl (C=O) groups is 1. The lowest BCUT2D eigenvalue weighted by atomic mass is 10.1. The molecule has 0 amide bonds. The molecule has 0 saturated carbocycles. The van der Waals surface area contributed by atoms with Crippen molar-refractivity contribution in [2.45, 2.75) is 13.3 Å². The summed E-state index contributed by atoms with van der Waals surface area (Å²) in [5.74, 6) is -0.122. The number of ether oxygens (including phenoxy) is 1. The number of nitrogens with zero attached hydrogens (tertiary/aromatic N) is 1. The third kappa shape index (κ3) is 6.25. The van der Waals surface area contributed by atoms with Crippen molar-refractivity contribution in [2.75, 3.05) is 27.2 Å². The molecule has 0 radical (unpaired) electrons. The number of nitrogens with one attached hydrogen (secondary N) is 2. The normalized spacial score (nSPS) is 12.7. The average Bonchev–Trinajstić information content (AvgIpc) is 2.51. The van der Waals surface area contributed by atoms with Crippen molar-refractivity contribution < 1.29 is 13.9 Å². The van der Waals surface area contributed by atoms with E-state index in [-0.39, 0.29) is 17.7 Å². The van der Waals surface area contributed by atoms with Gasteiger partial charge in [-0.25, -0.2) is 4.39 Å². The van der Waals surface area contributed by atoms with E-state index in [0.29, 0.717) is 19.0 Å². The van der Waals surface area contributed by atoms with Crippen molar-refractivity contribution in [3.05, 3.63) is 35.6 Å². The van der Waals surface area contributed by atoms with E-state index in [1.165, 1.54) is 19.2 Å². The second kappa shape index (κ2) is 8.94. The van der Waals surface area contributed by atoms with Gasteiger partial charge >= 0.3 is 5.97 Å². The fourth-order valence-electron chi connectivity index (χ4n) is 1.73. The number of esters is 1. The van der Waals surface area contributed by atoms with Crippen LogP contribution in [0.4, 0.5) is 4.39 Å². The van der Waals surface area contributed by atoms with Crippen molar-refractivity contribution in [2.24, 2.45) is 10.9 Å². The highest BCUT2D eigenvalue weighted by atomic mass is 19.1. The van der Waals surface area contributed by atoms with Crippen LogP contribution in [-0.4, -0.2) is 39.2 Å². The smallest absolute Gasteiger partial charge is 0.310 e. The molecule has 0 aliphatic carbocycles. The van der Waals surface area contributed by atoms with Crippen molar-refractivity contribution in [1.29, 1.82) is 0 Å². The molecular weight excluding hydrogens is 273 g/mol.